The van der Waals surface area contributed by atoms with Gasteiger partial charge >= 0.3 is 0 Å². The molecular formula is C21H20ClN5O2. The SMILES string of the molecule is C=CC(=O)N1CC(C)(c2ccc3ncnc(Nc4cnc(OC)c(Cl)c4)c3c2)C1. The second kappa shape index (κ2) is 7.33. The monoisotopic (exact) mass is 409 g/mol. The lowest BCUT2D eigenvalue weighted by molar-refractivity contribution is -0.133. The van der Waals surface area contributed by atoms with Crippen molar-refractivity contribution >= 4 is 39.9 Å². The molecule has 1 aromatic carbocycles. The molecule has 1 aliphatic heterocycles. The second-order valence-corrected chi connectivity index (χ2v) is 7.66. The third-order valence-corrected chi connectivity index (χ3v) is 5.43. The van der Waals surface area contributed by atoms with Crippen LogP contribution in [-0.2, 0) is 10.2 Å². The van der Waals surface area contributed by atoms with Crippen LogP contribution < -0.4 is 10.1 Å². The van der Waals surface area contributed by atoms with Crippen molar-refractivity contribution in [3.8, 4) is 5.88 Å². The number of methoxy groups -OCH3 is 1. The molecule has 4 rings (SSSR count). The summed E-state index contributed by atoms with van der Waals surface area (Å²) >= 11 is 6.18. The molecular weight excluding hydrogens is 390 g/mol. The molecule has 0 spiro atoms. The fraction of sp³-hybridized carbons (Fsp3) is 0.238. The van der Waals surface area contributed by atoms with E-state index in [9.17, 15) is 4.79 Å². The molecule has 2 aromatic heterocycles. The third-order valence-electron chi connectivity index (χ3n) is 5.16. The Morgan fingerprint density at radius 2 is 2.10 bits per heavy atom. The number of nitrogens with zero attached hydrogens (tertiary/aromatic N) is 4. The number of carbonyl (C=O) groups is 1. The van der Waals surface area contributed by atoms with Crippen molar-refractivity contribution in [2.45, 2.75) is 12.3 Å². The van der Waals surface area contributed by atoms with Gasteiger partial charge in [-0.25, -0.2) is 15.0 Å². The maximum atomic E-state index is 11.8. The van der Waals surface area contributed by atoms with Gasteiger partial charge in [-0.1, -0.05) is 31.2 Å². The second-order valence-electron chi connectivity index (χ2n) is 7.25. The number of fused-ring (bicyclic) bond motifs is 1. The van der Waals surface area contributed by atoms with Crippen LogP contribution in [0.25, 0.3) is 10.9 Å². The standard InChI is InChI=1S/C21H20ClN5O2/c1-4-18(28)27-10-21(2,11-27)13-5-6-17-15(7-13)19(25-12-24-17)26-14-8-16(22)20(29-3)23-9-14/h4-9,12H,1,10-11H2,2-3H3,(H,24,25,26). The lowest BCUT2D eigenvalue weighted by atomic mass is 9.75. The van der Waals surface area contributed by atoms with Crippen LogP contribution >= 0.6 is 11.6 Å². The van der Waals surface area contributed by atoms with Crippen LogP contribution in [0.2, 0.25) is 5.02 Å². The number of rotatable bonds is 5. The topological polar surface area (TPSA) is 80.2 Å². The van der Waals surface area contributed by atoms with Gasteiger partial charge < -0.3 is 15.0 Å². The number of amides is 1. The zero-order valence-corrected chi connectivity index (χ0v) is 16.9. The number of likely N-dealkylation sites (tertiary alicyclic amines) is 1. The summed E-state index contributed by atoms with van der Waals surface area (Å²) in [5.41, 5.74) is 2.52. The number of carbonyl (C=O) groups excluding carboxylic acids is 1. The molecule has 3 heterocycles. The number of benzene rings is 1. The van der Waals surface area contributed by atoms with E-state index in [-0.39, 0.29) is 11.3 Å². The summed E-state index contributed by atoms with van der Waals surface area (Å²) in [5, 5.41) is 4.55. The van der Waals surface area contributed by atoms with Crippen molar-refractivity contribution in [3.05, 3.63) is 60.0 Å². The van der Waals surface area contributed by atoms with Crippen LogP contribution in [0.15, 0.2) is 49.4 Å². The number of hydrogen-bond acceptors (Lipinski definition) is 6. The fourth-order valence-corrected chi connectivity index (χ4v) is 3.82. The molecule has 0 atom stereocenters. The normalized spacial score (nSPS) is 14.9. The summed E-state index contributed by atoms with van der Waals surface area (Å²) in [6, 6.07) is 7.84. The summed E-state index contributed by atoms with van der Waals surface area (Å²) in [6.07, 6.45) is 4.50. The first-order valence-corrected chi connectivity index (χ1v) is 9.44. The zero-order valence-electron chi connectivity index (χ0n) is 16.1. The molecule has 0 bridgehead atoms. The molecule has 0 unspecified atom stereocenters. The lowest BCUT2D eigenvalue weighted by Crippen LogP contribution is -2.59. The molecule has 1 aliphatic rings. The van der Waals surface area contributed by atoms with E-state index in [1.165, 1.54) is 19.5 Å². The van der Waals surface area contributed by atoms with E-state index in [0.717, 1.165) is 16.5 Å². The van der Waals surface area contributed by atoms with Crippen molar-refractivity contribution in [3.63, 3.8) is 0 Å². The summed E-state index contributed by atoms with van der Waals surface area (Å²) in [7, 11) is 1.52. The molecule has 0 radical (unpaired) electrons. The minimum absolute atomic E-state index is 0.0437. The van der Waals surface area contributed by atoms with Gasteiger partial charge in [0.1, 0.15) is 17.2 Å². The fourth-order valence-electron chi connectivity index (χ4n) is 3.58. The van der Waals surface area contributed by atoms with Crippen molar-refractivity contribution in [1.29, 1.82) is 0 Å². The van der Waals surface area contributed by atoms with Gasteiger partial charge in [0, 0.05) is 23.9 Å². The van der Waals surface area contributed by atoms with Gasteiger partial charge in [-0.2, -0.15) is 0 Å². The van der Waals surface area contributed by atoms with Crippen LogP contribution in [-0.4, -0.2) is 46.0 Å². The van der Waals surface area contributed by atoms with Gasteiger partial charge in [-0.05, 0) is 29.8 Å². The van der Waals surface area contributed by atoms with E-state index in [1.807, 2.05) is 6.07 Å². The molecule has 3 aromatic rings. The smallest absolute Gasteiger partial charge is 0.246 e. The lowest BCUT2D eigenvalue weighted by Gasteiger charge is -2.48. The van der Waals surface area contributed by atoms with E-state index >= 15 is 0 Å². The van der Waals surface area contributed by atoms with E-state index in [4.69, 9.17) is 16.3 Å². The molecule has 1 N–H and O–H groups in total. The van der Waals surface area contributed by atoms with Gasteiger partial charge in [-0.15, -0.1) is 0 Å². The predicted molar refractivity (Wildman–Crippen MR) is 113 cm³/mol. The summed E-state index contributed by atoms with van der Waals surface area (Å²) < 4.78 is 5.10. The average molecular weight is 410 g/mol. The molecule has 0 aliphatic carbocycles. The Morgan fingerprint density at radius 3 is 2.79 bits per heavy atom. The molecule has 0 saturated carbocycles. The molecule has 8 heteroatoms. The maximum Gasteiger partial charge on any atom is 0.246 e. The van der Waals surface area contributed by atoms with Crippen LogP contribution in [0, 0.1) is 0 Å². The van der Waals surface area contributed by atoms with Crippen molar-refractivity contribution in [1.82, 2.24) is 19.9 Å². The molecule has 1 saturated heterocycles. The molecule has 7 nitrogen and oxygen atoms in total. The highest BCUT2D eigenvalue weighted by Crippen LogP contribution is 2.37. The maximum absolute atomic E-state index is 11.8. The number of pyridine rings is 1. The molecule has 1 amide bonds. The summed E-state index contributed by atoms with van der Waals surface area (Å²) in [6.45, 7) is 7.00. The van der Waals surface area contributed by atoms with Gasteiger partial charge in [0.15, 0.2) is 0 Å². The number of ether oxygens (including phenoxy) is 1. The Kier molecular flexibility index (Phi) is 4.84. The van der Waals surface area contributed by atoms with Crippen molar-refractivity contribution < 1.29 is 9.53 Å². The van der Waals surface area contributed by atoms with Crippen molar-refractivity contribution in [2.75, 3.05) is 25.5 Å². The van der Waals surface area contributed by atoms with E-state index in [2.05, 4.69) is 45.9 Å². The van der Waals surface area contributed by atoms with E-state index < -0.39 is 0 Å². The highest BCUT2D eigenvalue weighted by molar-refractivity contribution is 6.32. The van der Waals surface area contributed by atoms with Crippen LogP contribution in [0.1, 0.15) is 12.5 Å². The van der Waals surface area contributed by atoms with Gasteiger partial charge in [-0.3, -0.25) is 4.79 Å². The largest absolute Gasteiger partial charge is 0.480 e. The van der Waals surface area contributed by atoms with Gasteiger partial charge in [0.25, 0.3) is 0 Å². The summed E-state index contributed by atoms with van der Waals surface area (Å²) in [5.74, 6) is 0.975. The molecule has 148 valence electrons. The zero-order chi connectivity index (χ0) is 20.6. The Morgan fingerprint density at radius 1 is 1.31 bits per heavy atom. The Balaban J connectivity index is 1.66. The third kappa shape index (κ3) is 3.49. The molecule has 29 heavy (non-hydrogen) atoms. The Hall–Kier alpha value is -3.19. The van der Waals surface area contributed by atoms with Crippen molar-refractivity contribution in [2.24, 2.45) is 0 Å². The highest BCUT2D eigenvalue weighted by atomic mass is 35.5. The van der Waals surface area contributed by atoms with Crippen LogP contribution in [0.4, 0.5) is 11.5 Å². The number of hydrogen-bond donors (Lipinski definition) is 1. The summed E-state index contributed by atoms with van der Waals surface area (Å²) in [4.78, 5) is 26.5. The first-order chi connectivity index (χ1) is 13.9. The minimum Gasteiger partial charge on any atom is -0.480 e. The van der Waals surface area contributed by atoms with Crippen LogP contribution in [0.3, 0.4) is 0 Å². The number of nitrogens with one attached hydrogen (secondary N) is 1. The quantitative estimate of drug-likeness (QED) is 0.647. The first kappa shape index (κ1) is 19.1. The number of anilines is 2. The van der Waals surface area contributed by atoms with E-state index in [1.54, 1.807) is 17.2 Å². The average Bonchev–Trinajstić information content (AvgIpc) is 2.71. The molecule has 1 fully saturated rings. The Bertz CT molecular complexity index is 1110. The predicted octanol–water partition coefficient (Wildman–Crippen LogP) is 3.72. The van der Waals surface area contributed by atoms with Gasteiger partial charge in [0.2, 0.25) is 11.8 Å². The number of halogens is 1. The highest BCUT2D eigenvalue weighted by Gasteiger charge is 2.41. The Labute approximate surface area is 173 Å². The van der Waals surface area contributed by atoms with Gasteiger partial charge in [0.05, 0.1) is 24.5 Å². The minimum atomic E-state index is -0.120. The van der Waals surface area contributed by atoms with Crippen LogP contribution in [0.5, 0.6) is 5.88 Å². The van der Waals surface area contributed by atoms with E-state index in [0.29, 0.717) is 35.5 Å². The first-order valence-electron chi connectivity index (χ1n) is 9.07. The number of aromatic nitrogens is 3.